The Labute approximate surface area is 162 Å². The van der Waals surface area contributed by atoms with Crippen LogP contribution in [0.1, 0.15) is 27.5 Å². The number of nitrogens with one attached hydrogen (secondary N) is 1. The Balaban J connectivity index is 1.66. The molecule has 0 fully saturated rings. The Kier molecular flexibility index (Phi) is 4.93. The summed E-state index contributed by atoms with van der Waals surface area (Å²) in [5, 5.41) is 3.11. The van der Waals surface area contributed by atoms with E-state index in [0.29, 0.717) is 11.1 Å². The van der Waals surface area contributed by atoms with Crippen LogP contribution in [0.4, 0.5) is 0 Å². The van der Waals surface area contributed by atoms with E-state index in [0.717, 1.165) is 22.4 Å². The zero-order valence-corrected chi connectivity index (χ0v) is 15.2. The van der Waals surface area contributed by atoms with E-state index in [4.69, 9.17) is 4.74 Å². The van der Waals surface area contributed by atoms with Gasteiger partial charge in [0.15, 0.2) is 0 Å². The van der Waals surface area contributed by atoms with Crippen molar-refractivity contribution >= 4 is 16.9 Å². The van der Waals surface area contributed by atoms with Crippen molar-refractivity contribution in [3.63, 3.8) is 0 Å². The van der Waals surface area contributed by atoms with Gasteiger partial charge in [-0.15, -0.1) is 0 Å². The highest BCUT2D eigenvalue weighted by Crippen LogP contribution is 2.24. The maximum atomic E-state index is 13.0. The second-order valence-electron chi connectivity index (χ2n) is 6.22. The molecule has 0 aliphatic rings. The van der Waals surface area contributed by atoms with Crippen LogP contribution in [0.3, 0.4) is 0 Å². The van der Waals surface area contributed by atoms with Crippen molar-refractivity contribution in [1.82, 2.24) is 20.3 Å². The lowest BCUT2D eigenvalue weighted by Gasteiger charge is -2.20. The van der Waals surface area contributed by atoms with E-state index in [1.807, 2.05) is 36.4 Å². The molecule has 0 spiro atoms. The molecule has 0 aliphatic carbocycles. The predicted octanol–water partition coefficient (Wildman–Crippen LogP) is 3.55. The lowest BCUT2D eigenvalue weighted by molar-refractivity contribution is 0.0943. The van der Waals surface area contributed by atoms with Crippen LogP contribution in [0.2, 0.25) is 0 Å². The standard InChI is InChI=1S/C22H18N4O2/c1-28-18-5-2-15(3-6-18)21(16-8-10-23-11-9-16)26-22(27)17-4-7-19-20(14-17)25-13-12-24-19/h2-14,21H,1H3,(H,26,27)/t21-/m0/s1. The third-order valence-electron chi connectivity index (χ3n) is 4.50. The number of hydrogen-bond acceptors (Lipinski definition) is 5. The highest BCUT2D eigenvalue weighted by molar-refractivity contribution is 5.97. The van der Waals surface area contributed by atoms with Crippen molar-refractivity contribution in [2.24, 2.45) is 0 Å². The molecule has 0 saturated heterocycles. The molecule has 138 valence electrons. The largest absolute Gasteiger partial charge is 0.497 e. The van der Waals surface area contributed by atoms with Crippen LogP contribution in [0.15, 0.2) is 79.4 Å². The molecule has 0 radical (unpaired) electrons. The van der Waals surface area contributed by atoms with Crippen LogP contribution in [0.25, 0.3) is 11.0 Å². The number of hydrogen-bond donors (Lipinski definition) is 1. The molecule has 6 heteroatoms. The zero-order chi connectivity index (χ0) is 19.3. The molecule has 4 aromatic rings. The highest BCUT2D eigenvalue weighted by Gasteiger charge is 2.18. The average Bonchev–Trinajstić information content (AvgIpc) is 2.77. The Morgan fingerprint density at radius 3 is 2.25 bits per heavy atom. The van der Waals surface area contributed by atoms with Crippen LogP contribution in [-0.4, -0.2) is 28.0 Å². The van der Waals surface area contributed by atoms with E-state index in [1.165, 1.54) is 0 Å². The van der Waals surface area contributed by atoms with Crippen LogP contribution in [-0.2, 0) is 0 Å². The Morgan fingerprint density at radius 2 is 1.54 bits per heavy atom. The molecule has 0 unspecified atom stereocenters. The van der Waals surface area contributed by atoms with E-state index in [2.05, 4.69) is 20.3 Å². The number of benzene rings is 2. The molecule has 2 aromatic carbocycles. The van der Waals surface area contributed by atoms with Crippen LogP contribution in [0, 0.1) is 0 Å². The third-order valence-corrected chi connectivity index (χ3v) is 4.50. The van der Waals surface area contributed by atoms with Crippen LogP contribution in [0.5, 0.6) is 5.75 Å². The van der Waals surface area contributed by atoms with Crippen molar-refractivity contribution in [2.75, 3.05) is 7.11 Å². The van der Waals surface area contributed by atoms with E-state index in [-0.39, 0.29) is 11.9 Å². The average molecular weight is 370 g/mol. The molecule has 4 rings (SSSR count). The fraction of sp³-hybridized carbons (Fsp3) is 0.0909. The molecule has 0 saturated carbocycles. The number of rotatable bonds is 5. The van der Waals surface area contributed by atoms with E-state index >= 15 is 0 Å². The lowest BCUT2D eigenvalue weighted by Crippen LogP contribution is -2.29. The molecular weight excluding hydrogens is 352 g/mol. The number of methoxy groups -OCH3 is 1. The number of fused-ring (bicyclic) bond motifs is 1. The predicted molar refractivity (Wildman–Crippen MR) is 106 cm³/mol. The minimum absolute atomic E-state index is 0.190. The summed E-state index contributed by atoms with van der Waals surface area (Å²) in [6.45, 7) is 0. The molecule has 0 aliphatic heterocycles. The second-order valence-corrected chi connectivity index (χ2v) is 6.22. The molecule has 2 aromatic heterocycles. The minimum atomic E-state index is -0.320. The van der Waals surface area contributed by atoms with Gasteiger partial charge < -0.3 is 10.1 Å². The Bertz CT molecular complexity index is 1100. The number of carbonyl (C=O) groups excluding carboxylic acids is 1. The van der Waals surface area contributed by atoms with E-state index in [9.17, 15) is 4.79 Å². The maximum absolute atomic E-state index is 13.0. The third kappa shape index (κ3) is 3.66. The number of ether oxygens (including phenoxy) is 1. The second kappa shape index (κ2) is 7.84. The van der Waals surface area contributed by atoms with Gasteiger partial charge in [-0.2, -0.15) is 0 Å². The van der Waals surface area contributed by atoms with Gasteiger partial charge in [0.2, 0.25) is 0 Å². The smallest absolute Gasteiger partial charge is 0.252 e. The monoisotopic (exact) mass is 370 g/mol. The molecule has 6 nitrogen and oxygen atoms in total. The molecule has 28 heavy (non-hydrogen) atoms. The fourth-order valence-electron chi connectivity index (χ4n) is 3.03. The minimum Gasteiger partial charge on any atom is -0.497 e. The van der Waals surface area contributed by atoms with Gasteiger partial charge >= 0.3 is 0 Å². The molecular formula is C22H18N4O2. The summed E-state index contributed by atoms with van der Waals surface area (Å²) in [6, 6.07) is 16.4. The summed E-state index contributed by atoms with van der Waals surface area (Å²) in [6.07, 6.45) is 6.67. The quantitative estimate of drug-likeness (QED) is 0.581. The topological polar surface area (TPSA) is 77.0 Å². The normalized spacial score (nSPS) is 11.8. The van der Waals surface area contributed by atoms with Gasteiger partial charge in [0.05, 0.1) is 24.2 Å². The number of amides is 1. The number of nitrogens with zero attached hydrogens (tertiary/aromatic N) is 3. The Hall–Kier alpha value is -3.80. The molecule has 2 heterocycles. The van der Waals surface area contributed by atoms with Gasteiger partial charge in [-0.25, -0.2) is 0 Å². The first-order valence-corrected chi connectivity index (χ1v) is 8.80. The summed E-state index contributed by atoms with van der Waals surface area (Å²) in [5.74, 6) is 0.571. The summed E-state index contributed by atoms with van der Waals surface area (Å²) in [7, 11) is 1.62. The summed E-state index contributed by atoms with van der Waals surface area (Å²) in [4.78, 5) is 25.6. The SMILES string of the molecule is COc1ccc([C@H](NC(=O)c2ccc3nccnc3c2)c2ccncc2)cc1. The Morgan fingerprint density at radius 1 is 0.857 bits per heavy atom. The van der Waals surface area contributed by atoms with Gasteiger partial charge in [-0.05, 0) is 53.6 Å². The number of carbonyl (C=O) groups is 1. The van der Waals surface area contributed by atoms with Gasteiger partial charge in [-0.1, -0.05) is 12.1 Å². The van der Waals surface area contributed by atoms with E-state index < -0.39 is 0 Å². The maximum Gasteiger partial charge on any atom is 0.252 e. The van der Waals surface area contributed by atoms with E-state index in [1.54, 1.807) is 50.1 Å². The van der Waals surface area contributed by atoms with Crippen molar-refractivity contribution in [3.05, 3.63) is 96.1 Å². The summed E-state index contributed by atoms with van der Waals surface area (Å²) < 4.78 is 5.24. The van der Waals surface area contributed by atoms with Gasteiger partial charge in [0.25, 0.3) is 5.91 Å². The van der Waals surface area contributed by atoms with Crippen LogP contribution < -0.4 is 10.1 Å². The van der Waals surface area contributed by atoms with Crippen molar-refractivity contribution in [3.8, 4) is 5.75 Å². The molecule has 0 bridgehead atoms. The van der Waals surface area contributed by atoms with Crippen molar-refractivity contribution in [1.29, 1.82) is 0 Å². The van der Waals surface area contributed by atoms with Crippen molar-refractivity contribution in [2.45, 2.75) is 6.04 Å². The number of aromatic nitrogens is 3. The lowest BCUT2D eigenvalue weighted by atomic mass is 9.99. The van der Waals surface area contributed by atoms with Gasteiger partial charge in [-0.3, -0.25) is 19.7 Å². The van der Waals surface area contributed by atoms with Crippen LogP contribution >= 0.6 is 0 Å². The first kappa shape index (κ1) is 17.6. The van der Waals surface area contributed by atoms with Gasteiger partial charge in [0, 0.05) is 30.4 Å². The summed E-state index contributed by atoms with van der Waals surface area (Å²) >= 11 is 0. The zero-order valence-electron chi connectivity index (χ0n) is 15.2. The fourth-order valence-corrected chi connectivity index (χ4v) is 3.03. The highest BCUT2D eigenvalue weighted by atomic mass is 16.5. The first-order valence-electron chi connectivity index (χ1n) is 8.80. The molecule has 1 N–H and O–H groups in total. The van der Waals surface area contributed by atoms with Gasteiger partial charge in [0.1, 0.15) is 5.75 Å². The van der Waals surface area contributed by atoms with Crippen molar-refractivity contribution < 1.29 is 9.53 Å². The molecule has 1 amide bonds. The number of pyridine rings is 1. The first-order chi connectivity index (χ1) is 13.7. The molecule has 1 atom stereocenters. The summed E-state index contributed by atoms with van der Waals surface area (Å²) in [5.41, 5.74) is 3.84.